The summed E-state index contributed by atoms with van der Waals surface area (Å²) in [5.74, 6) is 0.665. The number of carbonyl (C=O) groups is 2. The van der Waals surface area contributed by atoms with Gasteiger partial charge in [-0.2, -0.15) is 0 Å². The molecule has 0 bridgehead atoms. The lowest BCUT2D eigenvalue weighted by Crippen LogP contribution is -2.26. The second-order valence-corrected chi connectivity index (χ2v) is 12.6. The largest absolute Gasteiger partial charge is 0.479 e. The van der Waals surface area contributed by atoms with Crippen molar-refractivity contribution >= 4 is 34.4 Å². The molecule has 5 rings (SSSR count). The Balaban J connectivity index is 1.40. The van der Waals surface area contributed by atoms with Crippen LogP contribution in [-0.2, 0) is 28.9 Å². The molecule has 1 amide bonds. The Morgan fingerprint density at radius 3 is 2.45 bits per heavy atom. The highest BCUT2D eigenvalue weighted by atomic mass is 35.5. The first-order valence-electron chi connectivity index (χ1n) is 15.7. The van der Waals surface area contributed by atoms with Gasteiger partial charge in [-0.15, -0.1) is 0 Å². The van der Waals surface area contributed by atoms with Crippen LogP contribution >= 0.6 is 11.6 Å². The van der Waals surface area contributed by atoms with Gasteiger partial charge in [0.25, 0.3) is 5.91 Å². The number of amides is 1. The maximum absolute atomic E-state index is 13.5. The zero-order valence-corrected chi connectivity index (χ0v) is 27.2. The molecule has 0 radical (unpaired) electrons. The van der Waals surface area contributed by atoms with E-state index in [0.717, 1.165) is 35.0 Å². The van der Waals surface area contributed by atoms with Crippen molar-refractivity contribution in [2.75, 3.05) is 7.11 Å². The second-order valence-electron chi connectivity index (χ2n) is 12.1. The molecule has 1 N–H and O–H groups in total. The van der Waals surface area contributed by atoms with Crippen LogP contribution in [0.15, 0.2) is 60.7 Å². The third-order valence-electron chi connectivity index (χ3n) is 8.66. The van der Waals surface area contributed by atoms with Gasteiger partial charge in [-0.05, 0) is 105 Å². The summed E-state index contributed by atoms with van der Waals surface area (Å²) in [5, 5.41) is 4.87. The van der Waals surface area contributed by atoms with Gasteiger partial charge in [0, 0.05) is 40.1 Å². The fraction of sp³-hybridized carbons (Fsp3) is 0.405. The number of rotatable bonds is 13. The highest BCUT2D eigenvalue weighted by molar-refractivity contribution is 6.30. The third kappa shape index (κ3) is 7.47. The van der Waals surface area contributed by atoms with Crippen LogP contribution in [0.25, 0.3) is 10.9 Å². The average molecular weight is 615 g/mol. The molecule has 1 aliphatic carbocycles. The van der Waals surface area contributed by atoms with E-state index in [4.69, 9.17) is 21.1 Å². The molecule has 1 aromatic heterocycles. The van der Waals surface area contributed by atoms with Gasteiger partial charge in [-0.3, -0.25) is 4.79 Å². The number of esters is 1. The van der Waals surface area contributed by atoms with Gasteiger partial charge in [0.2, 0.25) is 0 Å². The number of hydrogen-bond donors (Lipinski definition) is 1. The number of unbranched alkanes of at least 4 members (excludes halogenated alkanes) is 1. The normalized spacial score (nSPS) is 14.3. The molecular weight excluding hydrogens is 572 g/mol. The molecule has 0 aliphatic heterocycles. The molecule has 1 fully saturated rings. The van der Waals surface area contributed by atoms with Crippen LogP contribution in [0.5, 0.6) is 5.75 Å². The van der Waals surface area contributed by atoms with Crippen molar-refractivity contribution in [2.24, 2.45) is 5.92 Å². The van der Waals surface area contributed by atoms with Crippen molar-refractivity contribution in [3.8, 4) is 5.75 Å². The molecule has 6 nitrogen and oxygen atoms in total. The van der Waals surface area contributed by atoms with Crippen molar-refractivity contribution in [1.29, 1.82) is 0 Å². The second kappa shape index (κ2) is 13.9. The van der Waals surface area contributed by atoms with Gasteiger partial charge >= 0.3 is 5.97 Å². The van der Waals surface area contributed by atoms with E-state index in [1.54, 1.807) is 13.0 Å². The van der Waals surface area contributed by atoms with Gasteiger partial charge < -0.3 is 19.4 Å². The van der Waals surface area contributed by atoms with Gasteiger partial charge in [0.15, 0.2) is 6.10 Å². The van der Waals surface area contributed by atoms with Gasteiger partial charge in [-0.25, -0.2) is 4.79 Å². The van der Waals surface area contributed by atoms with Crippen LogP contribution in [0.4, 0.5) is 0 Å². The lowest BCUT2D eigenvalue weighted by molar-refractivity contribution is -0.147. The average Bonchev–Trinajstić information content (AvgIpc) is 3.80. The summed E-state index contributed by atoms with van der Waals surface area (Å²) in [6, 6.07) is 20.1. The molecule has 0 unspecified atom stereocenters. The van der Waals surface area contributed by atoms with E-state index < -0.39 is 12.1 Å². The van der Waals surface area contributed by atoms with Gasteiger partial charge in [0.1, 0.15) is 5.75 Å². The predicted molar refractivity (Wildman–Crippen MR) is 177 cm³/mol. The SMILES string of the molecule is CCCCc1ccc([C@H](C)NC(=O)c2ccc3c(Cc4cc(Cl)cc(O[C@H](C)C(=O)OC)c4)c(C)n(CC4CC4)c3c2)cc1. The summed E-state index contributed by atoms with van der Waals surface area (Å²) >= 11 is 6.48. The molecule has 2 atom stereocenters. The van der Waals surface area contributed by atoms with Crippen LogP contribution in [0, 0.1) is 12.8 Å². The van der Waals surface area contributed by atoms with Crippen LogP contribution in [0.1, 0.15) is 90.8 Å². The molecule has 1 aliphatic rings. The Morgan fingerprint density at radius 1 is 1.02 bits per heavy atom. The van der Waals surface area contributed by atoms with E-state index in [9.17, 15) is 9.59 Å². The van der Waals surface area contributed by atoms with Crippen LogP contribution in [-0.4, -0.2) is 29.7 Å². The Kier molecular flexibility index (Phi) is 10.00. The van der Waals surface area contributed by atoms with Crippen molar-refractivity contribution in [2.45, 2.75) is 84.9 Å². The molecule has 4 aromatic rings. The monoisotopic (exact) mass is 614 g/mol. The smallest absolute Gasteiger partial charge is 0.346 e. The highest BCUT2D eigenvalue weighted by Gasteiger charge is 2.25. The summed E-state index contributed by atoms with van der Waals surface area (Å²) in [7, 11) is 1.34. The number of nitrogens with one attached hydrogen (secondary N) is 1. The van der Waals surface area contributed by atoms with E-state index in [1.807, 2.05) is 31.2 Å². The first-order valence-corrected chi connectivity index (χ1v) is 16.1. The number of ether oxygens (including phenoxy) is 2. The summed E-state index contributed by atoms with van der Waals surface area (Å²) in [6.45, 7) is 8.99. The first-order chi connectivity index (χ1) is 21.2. The summed E-state index contributed by atoms with van der Waals surface area (Å²) in [4.78, 5) is 25.4. The topological polar surface area (TPSA) is 69.6 Å². The zero-order chi connectivity index (χ0) is 31.4. The Labute approximate surface area is 265 Å². The lowest BCUT2D eigenvalue weighted by Gasteiger charge is -2.15. The number of fused-ring (bicyclic) bond motifs is 1. The number of nitrogens with zero attached hydrogens (tertiary/aromatic N) is 1. The van der Waals surface area contributed by atoms with Crippen molar-refractivity contribution in [3.63, 3.8) is 0 Å². The maximum Gasteiger partial charge on any atom is 0.346 e. The molecule has 7 heteroatoms. The molecule has 1 heterocycles. The van der Waals surface area contributed by atoms with E-state index in [0.29, 0.717) is 28.7 Å². The van der Waals surface area contributed by atoms with Gasteiger partial charge in [0.05, 0.1) is 13.2 Å². The molecule has 44 heavy (non-hydrogen) atoms. The number of aromatic nitrogens is 1. The summed E-state index contributed by atoms with van der Waals surface area (Å²) in [5.41, 5.74) is 7.52. The van der Waals surface area contributed by atoms with Gasteiger partial charge in [-0.1, -0.05) is 55.3 Å². The first kappa shape index (κ1) is 31.6. The summed E-state index contributed by atoms with van der Waals surface area (Å²) in [6.07, 6.45) is 5.81. The van der Waals surface area contributed by atoms with Crippen molar-refractivity contribution < 1.29 is 19.1 Å². The minimum Gasteiger partial charge on any atom is -0.479 e. The standard InChI is InChI=1S/C37H43ClN2O4/c1-6-7-8-26-11-13-29(14-12-26)23(2)39-36(41)30-15-16-33-34(24(3)40(35(33)20-30)22-27-9-10-27)19-28-17-31(38)21-32(18-28)44-25(4)37(42)43-5/h11-18,20-21,23,25,27H,6-10,19,22H2,1-5H3,(H,39,41)/t23-,25+/m0/s1. The Morgan fingerprint density at radius 2 is 1.77 bits per heavy atom. The minimum atomic E-state index is -0.744. The summed E-state index contributed by atoms with van der Waals surface area (Å²) < 4.78 is 13.0. The Bertz CT molecular complexity index is 1640. The fourth-order valence-electron chi connectivity index (χ4n) is 5.84. The molecule has 1 saturated carbocycles. The molecule has 232 valence electrons. The number of hydrogen-bond acceptors (Lipinski definition) is 4. The van der Waals surface area contributed by atoms with E-state index in [2.05, 4.69) is 54.1 Å². The minimum absolute atomic E-state index is 0.0795. The molecule has 3 aromatic carbocycles. The van der Waals surface area contributed by atoms with Crippen LogP contribution < -0.4 is 10.1 Å². The van der Waals surface area contributed by atoms with E-state index in [1.165, 1.54) is 49.6 Å². The number of halogens is 1. The fourth-order valence-corrected chi connectivity index (χ4v) is 6.08. The molecule has 0 spiro atoms. The van der Waals surface area contributed by atoms with E-state index in [-0.39, 0.29) is 11.9 Å². The maximum atomic E-state index is 13.5. The lowest BCUT2D eigenvalue weighted by atomic mass is 10.0. The van der Waals surface area contributed by atoms with Crippen LogP contribution in [0.3, 0.4) is 0 Å². The highest BCUT2D eigenvalue weighted by Crippen LogP contribution is 2.36. The van der Waals surface area contributed by atoms with Crippen molar-refractivity contribution in [1.82, 2.24) is 9.88 Å². The van der Waals surface area contributed by atoms with Crippen molar-refractivity contribution in [3.05, 3.63) is 99.2 Å². The number of benzene rings is 3. The Hall–Kier alpha value is -3.77. The quantitative estimate of drug-likeness (QED) is 0.154. The molecular formula is C37H43ClN2O4. The number of aryl methyl sites for hydroxylation is 1. The van der Waals surface area contributed by atoms with Crippen LogP contribution in [0.2, 0.25) is 5.02 Å². The zero-order valence-electron chi connectivity index (χ0n) is 26.4. The van der Waals surface area contributed by atoms with E-state index >= 15 is 0 Å². The third-order valence-corrected chi connectivity index (χ3v) is 8.88. The number of methoxy groups -OCH3 is 1. The molecule has 0 saturated heterocycles. The number of carbonyl (C=O) groups excluding carboxylic acids is 2. The predicted octanol–water partition coefficient (Wildman–Crippen LogP) is 8.38.